The summed E-state index contributed by atoms with van der Waals surface area (Å²) in [5.74, 6) is -0.153. The van der Waals surface area contributed by atoms with Gasteiger partial charge < -0.3 is 19.7 Å². The Morgan fingerprint density at radius 1 is 0.902 bits per heavy atom. The van der Waals surface area contributed by atoms with Crippen LogP contribution in [0.2, 0.25) is 0 Å². The maximum absolute atomic E-state index is 14.1. The first kappa shape index (κ1) is 31.5. The number of carbonyl (C=O) groups excluding carboxylic acids is 2. The summed E-state index contributed by atoms with van der Waals surface area (Å²) in [5.41, 5.74) is 2.15. The molecule has 3 rings (SSSR count). The van der Waals surface area contributed by atoms with Gasteiger partial charge in [0.25, 0.3) is 10.0 Å². The number of hydrogen-bond donors (Lipinski definition) is 1. The highest BCUT2D eigenvalue weighted by molar-refractivity contribution is 7.92. The Morgan fingerprint density at radius 2 is 1.56 bits per heavy atom. The van der Waals surface area contributed by atoms with Crippen molar-refractivity contribution in [1.29, 1.82) is 0 Å². The molecule has 2 amide bonds. The average Bonchev–Trinajstić information content (AvgIpc) is 2.99. The molecular formula is C31H39N3O6S. The van der Waals surface area contributed by atoms with Gasteiger partial charge in [-0.1, -0.05) is 56.3 Å². The van der Waals surface area contributed by atoms with Crippen molar-refractivity contribution in [3.05, 3.63) is 83.9 Å². The number of nitrogens with one attached hydrogen (secondary N) is 1. The number of rotatable bonds is 14. The van der Waals surface area contributed by atoms with Gasteiger partial charge in [0.1, 0.15) is 12.6 Å². The van der Waals surface area contributed by atoms with Crippen LogP contribution in [0.15, 0.2) is 77.7 Å². The molecule has 9 nitrogen and oxygen atoms in total. The monoisotopic (exact) mass is 581 g/mol. The second-order valence-electron chi connectivity index (χ2n) is 9.53. The van der Waals surface area contributed by atoms with Gasteiger partial charge in [0, 0.05) is 19.2 Å². The normalized spacial score (nSPS) is 11.8. The van der Waals surface area contributed by atoms with Crippen molar-refractivity contribution in [1.82, 2.24) is 10.2 Å². The first-order chi connectivity index (χ1) is 19.7. The second-order valence-corrected chi connectivity index (χ2v) is 11.4. The highest BCUT2D eigenvalue weighted by atomic mass is 32.2. The van der Waals surface area contributed by atoms with Gasteiger partial charge in [0.2, 0.25) is 11.8 Å². The summed E-state index contributed by atoms with van der Waals surface area (Å²) in [6.07, 6.45) is 1.11. The standard InChI is InChI=1S/C31H39N3O6S/c1-6-19-32-31(36)27(7-2)33(21-24-14-12-11-13-23(24)3)30(35)22-34(25-15-9-8-10-16-25)41(37,38)26-17-18-28(39-4)29(20-26)40-5/h8-18,20,27H,6-7,19,21-22H2,1-5H3,(H,32,36). The molecular weight excluding hydrogens is 542 g/mol. The number of carbonyl (C=O) groups is 2. The Labute approximate surface area is 243 Å². The Hall–Kier alpha value is -4.05. The molecule has 3 aromatic carbocycles. The highest BCUT2D eigenvalue weighted by Crippen LogP contribution is 2.32. The number of benzene rings is 3. The van der Waals surface area contributed by atoms with Gasteiger partial charge in [-0.25, -0.2) is 8.42 Å². The molecule has 0 aliphatic heterocycles. The maximum Gasteiger partial charge on any atom is 0.264 e. The minimum Gasteiger partial charge on any atom is -0.493 e. The summed E-state index contributed by atoms with van der Waals surface area (Å²) in [7, 11) is -1.35. The summed E-state index contributed by atoms with van der Waals surface area (Å²) < 4.78 is 39.8. The number of anilines is 1. The van der Waals surface area contributed by atoms with E-state index in [1.165, 1.54) is 37.3 Å². The lowest BCUT2D eigenvalue weighted by Crippen LogP contribution is -2.52. The molecule has 0 heterocycles. The first-order valence-electron chi connectivity index (χ1n) is 13.6. The Morgan fingerprint density at radius 3 is 2.17 bits per heavy atom. The zero-order valence-electron chi connectivity index (χ0n) is 24.3. The number of hydrogen-bond acceptors (Lipinski definition) is 6. The molecule has 0 aromatic heterocycles. The van der Waals surface area contributed by atoms with Crippen LogP contribution in [-0.2, 0) is 26.2 Å². The van der Waals surface area contributed by atoms with Crippen LogP contribution in [0.4, 0.5) is 5.69 Å². The molecule has 0 saturated heterocycles. The van der Waals surface area contributed by atoms with Gasteiger partial charge in [-0.05, 0) is 55.2 Å². The molecule has 41 heavy (non-hydrogen) atoms. The third kappa shape index (κ3) is 7.58. The zero-order chi connectivity index (χ0) is 30.0. The van der Waals surface area contributed by atoms with E-state index in [1.54, 1.807) is 30.3 Å². The largest absolute Gasteiger partial charge is 0.493 e. The predicted octanol–water partition coefficient (Wildman–Crippen LogP) is 4.54. The molecule has 0 radical (unpaired) electrons. The van der Waals surface area contributed by atoms with Gasteiger partial charge in [0.05, 0.1) is 24.8 Å². The summed E-state index contributed by atoms with van der Waals surface area (Å²) in [6.45, 7) is 5.85. The first-order valence-corrected chi connectivity index (χ1v) is 15.0. The number of para-hydroxylation sites is 1. The second kappa shape index (κ2) is 14.5. The molecule has 1 unspecified atom stereocenters. The molecule has 3 aromatic rings. The number of aryl methyl sites for hydroxylation is 1. The average molecular weight is 582 g/mol. The number of ether oxygens (including phenoxy) is 2. The lowest BCUT2D eigenvalue weighted by Gasteiger charge is -2.33. The van der Waals surface area contributed by atoms with Gasteiger partial charge in [0.15, 0.2) is 11.5 Å². The van der Waals surface area contributed by atoms with Crippen molar-refractivity contribution in [2.45, 2.75) is 51.1 Å². The van der Waals surface area contributed by atoms with Crippen LogP contribution >= 0.6 is 0 Å². The van der Waals surface area contributed by atoms with E-state index in [-0.39, 0.29) is 23.1 Å². The molecule has 0 fully saturated rings. The summed E-state index contributed by atoms with van der Waals surface area (Å²) in [4.78, 5) is 28.7. The Kier molecular flexibility index (Phi) is 11.2. The number of methoxy groups -OCH3 is 2. The van der Waals surface area contributed by atoms with Crippen LogP contribution in [0.1, 0.15) is 37.8 Å². The van der Waals surface area contributed by atoms with Crippen molar-refractivity contribution >= 4 is 27.5 Å². The third-order valence-corrected chi connectivity index (χ3v) is 8.57. The van der Waals surface area contributed by atoms with E-state index in [0.29, 0.717) is 24.4 Å². The quantitative estimate of drug-likeness (QED) is 0.300. The third-order valence-electron chi connectivity index (χ3n) is 6.80. The number of sulfonamides is 1. The van der Waals surface area contributed by atoms with E-state index in [9.17, 15) is 18.0 Å². The van der Waals surface area contributed by atoms with Crippen molar-refractivity contribution in [3.63, 3.8) is 0 Å². The van der Waals surface area contributed by atoms with Crippen LogP contribution < -0.4 is 19.1 Å². The van der Waals surface area contributed by atoms with Crippen LogP contribution in [0.25, 0.3) is 0 Å². The smallest absolute Gasteiger partial charge is 0.264 e. The van der Waals surface area contributed by atoms with E-state index in [2.05, 4.69) is 5.32 Å². The van der Waals surface area contributed by atoms with E-state index < -0.39 is 28.5 Å². The number of amides is 2. The summed E-state index contributed by atoms with van der Waals surface area (Å²) in [6, 6.07) is 19.6. The van der Waals surface area contributed by atoms with Gasteiger partial charge in [-0.3, -0.25) is 13.9 Å². The van der Waals surface area contributed by atoms with Crippen LogP contribution in [0, 0.1) is 6.92 Å². The van der Waals surface area contributed by atoms with Gasteiger partial charge >= 0.3 is 0 Å². The van der Waals surface area contributed by atoms with Crippen molar-refractivity contribution < 1.29 is 27.5 Å². The Balaban J connectivity index is 2.07. The topological polar surface area (TPSA) is 105 Å². The zero-order valence-corrected chi connectivity index (χ0v) is 25.1. The van der Waals surface area contributed by atoms with E-state index in [4.69, 9.17) is 9.47 Å². The van der Waals surface area contributed by atoms with Crippen LogP contribution in [-0.4, -0.2) is 58.5 Å². The van der Waals surface area contributed by atoms with Crippen molar-refractivity contribution in [2.24, 2.45) is 0 Å². The van der Waals surface area contributed by atoms with Crippen molar-refractivity contribution in [2.75, 3.05) is 31.6 Å². The van der Waals surface area contributed by atoms with Crippen molar-refractivity contribution in [3.8, 4) is 11.5 Å². The molecule has 220 valence electrons. The van der Waals surface area contributed by atoms with E-state index >= 15 is 0 Å². The molecule has 10 heteroatoms. The number of nitrogens with zero attached hydrogens (tertiary/aromatic N) is 2. The molecule has 0 saturated carbocycles. The maximum atomic E-state index is 14.1. The molecule has 0 aliphatic rings. The lowest BCUT2D eigenvalue weighted by atomic mass is 10.1. The predicted molar refractivity (Wildman–Crippen MR) is 160 cm³/mol. The minimum atomic E-state index is -4.24. The lowest BCUT2D eigenvalue weighted by molar-refractivity contribution is -0.140. The molecule has 1 N–H and O–H groups in total. The summed E-state index contributed by atoms with van der Waals surface area (Å²) in [5, 5.41) is 2.89. The van der Waals surface area contributed by atoms with Gasteiger partial charge in [-0.15, -0.1) is 0 Å². The van der Waals surface area contributed by atoms with Crippen LogP contribution in [0.3, 0.4) is 0 Å². The SMILES string of the molecule is CCCNC(=O)C(CC)N(Cc1ccccc1C)C(=O)CN(c1ccccc1)S(=O)(=O)c1ccc(OC)c(OC)c1. The molecule has 0 spiro atoms. The fourth-order valence-corrected chi connectivity index (χ4v) is 5.91. The summed E-state index contributed by atoms with van der Waals surface area (Å²) >= 11 is 0. The fourth-order valence-electron chi connectivity index (χ4n) is 4.48. The molecule has 0 aliphatic carbocycles. The van der Waals surface area contributed by atoms with Gasteiger partial charge in [-0.2, -0.15) is 0 Å². The fraction of sp³-hybridized carbons (Fsp3) is 0.355. The Bertz CT molecular complexity index is 1430. The minimum absolute atomic E-state index is 0.0648. The van der Waals surface area contributed by atoms with E-state index in [0.717, 1.165) is 21.9 Å². The molecule has 1 atom stereocenters. The van der Waals surface area contributed by atoms with E-state index in [1.807, 2.05) is 45.0 Å². The molecule has 0 bridgehead atoms. The van der Waals surface area contributed by atoms with Crippen LogP contribution in [0.5, 0.6) is 11.5 Å². The highest BCUT2D eigenvalue weighted by Gasteiger charge is 2.34.